The lowest BCUT2D eigenvalue weighted by Gasteiger charge is -2.40. The largest absolute Gasteiger partial charge is 0.381 e. The molecule has 32 heavy (non-hydrogen) atoms. The van der Waals surface area contributed by atoms with Gasteiger partial charge in [-0.05, 0) is 30.5 Å². The number of nitrogens with zero attached hydrogens (tertiary/aromatic N) is 5. The lowest BCUT2D eigenvalue weighted by molar-refractivity contribution is 0.0511. The summed E-state index contributed by atoms with van der Waals surface area (Å²) in [7, 11) is 1.83. The van der Waals surface area contributed by atoms with Gasteiger partial charge in [0.2, 0.25) is 5.13 Å². The van der Waals surface area contributed by atoms with Crippen LogP contribution < -0.4 is 10.2 Å². The Labute approximate surface area is 210 Å². The monoisotopic (exact) mass is 574 g/mol. The second-order valence-electron chi connectivity index (χ2n) is 8.12. The van der Waals surface area contributed by atoms with Gasteiger partial charge in [0.05, 0.1) is 0 Å². The molecule has 0 bridgehead atoms. The first-order valence-electron chi connectivity index (χ1n) is 11.0. The third-order valence-electron chi connectivity index (χ3n) is 6.33. The first-order chi connectivity index (χ1) is 15.1. The van der Waals surface area contributed by atoms with Gasteiger partial charge in [-0.2, -0.15) is 4.37 Å². The summed E-state index contributed by atoms with van der Waals surface area (Å²) in [5, 5.41) is 4.62. The van der Waals surface area contributed by atoms with Crippen LogP contribution >= 0.6 is 35.5 Å². The Morgan fingerprint density at radius 1 is 1.19 bits per heavy atom. The van der Waals surface area contributed by atoms with E-state index in [9.17, 15) is 4.39 Å². The molecule has 2 aliphatic heterocycles. The number of guanidine groups is 1. The number of anilines is 1. The van der Waals surface area contributed by atoms with Crippen molar-refractivity contribution in [3.8, 4) is 0 Å². The number of aromatic nitrogens is 2. The molecule has 2 aromatic rings. The Morgan fingerprint density at radius 3 is 2.47 bits per heavy atom. The topological polar surface area (TPSA) is 65.9 Å². The Balaban J connectivity index is 0.00000289. The van der Waals surface area contributed by atoms with Crippen LogP contribution in [0, 0.1) is 5.82 Å². The van der Waals surface area contributed by atoms with Crippen molar-refractivity contribution in [3.63, 3.8) is 0 Å². The van der Waals surface area contributed by atoms with Crippen molar-refractivity contribution in [2.45, 2.75) is 31.6 Å². The molecule has 2 fully saturated rings. The van der Waals surface area contributed by atoms with Gasteiger partial charge < -0.3 is 19.9 Å². The van der Waals surface area contributed by atoms with Gasteiger partial charge in [-0.1, -0.05) is 19.1 Å². The number of benzene rings is 1. The van der Waals surface area contributed by atoms with Crippen LogP contribution in [0.1, 0.15) is 31.2 Å². The predicted octanol–water partition coefficient (Wildman–Crippen LogP) is 3.30. The highest BCUT2D eigenvalue weighted by molar-refractivity contribution is 14.0. The van der Waals surface area contributed by atoms with Crippen LogP contribution in [0.25, 0.3) is 0 Å². The molecule has 176 valence electrons. The molecule has 1 N–H and O–H groups in total. The molecular formula is C22H32FIN6OS. The molecule has 0 radical (unpaired) electrons. The first-order valence-corrected chi connectivity index (χ1v) is 11.8. The van der Waals surface area contributed by atoms with E-state index in [1.807, 2.05) is 19.2 Å². The Bertz CT molecular complexity index is 879. The van der Waals surface area contributed by atoms with E-state index in [2.05, 4.69) is 36.4 Å². The van der Waals surface area contributed by atoms with Crippen LogP contribution in [0.5, 0.6) is 0 Å². The van der Waals surface area contributed by atoms with E-state index in [1.54, 1.807) is 12.1 Å². The lowest BCUT2D eigenvalue weighted by Crippen LogP contribution is -2.55. The van der Waals surface area contributed by atoms with E-state index in [0.29, 0.717) is 0 Å². The van der Waals surface area contributed by atoms with Crippen LogP contribution in [-0.2, 0) is 16.6 Å². The molecule has 4 rings (SSSR count). The number of hydrogen-bond donors (Lipinski definition) is 1. The molecule has 0 spiro atoms. The number of hydrogen-bond acceptors (Lipinski definition) is 6. The van der Waals surface area contributed by atoms with E-state index >= 15 is 0 Å². The SMILES string of the molecule is CCc1nsc(N2CCN(C(=NC)NCC3(c4ccc(F)cc4)CCOCC3)CC2)n1.I. The summed E-state index contributed by atoms with van der Waals surface area (Å²) in [5.41, 5.74) is 1.08. The number of ether oxygens (including phenoxy) is 1. The molecule has 1 aromatic carbocycles. The minimum atomic E-state index is -0.200. The molecule has 2 aliphatic rings. The molecule has 0 aliphatic carbocycles. The molecule has 0 amide bonds. The maximum Gasteiger partial charge on any atom is 0.205 e. The summed E-state index contributed by atoms with van der Waals surface area (Å²) in [4.78, 5) is 13.8. The van der Waals surface area contributed by atoms with Gasteiger partial charge in [0.1, 0.15) is 11.6 Å². The molecule has 7 nitrogen and oxygen atoms in total. The minimum Gasteiger partial charge on any atom is -0.381 e. The van der Waals surface area contributed by atoms with Gasteiger partial charge in [0, 0.05) is 76.4 Å². The summed E-state index contributed by atoms with van der Waals surface area (Å²) in [6, 6.07) is 6.93. The number of aliphatic imine (C=N–C) groups is 1. The number of nitrogens with one attached hydrogen (secondary N) is 1. The fourth-order valence-electron chi connectivity index (χ4n) is 4.34. The molecule has 0 unspecified atom stereocenters. The molecule has 2 saturated heterocycles. The number of aryl methyl sites for hydroxylation is 1. The highest BCUT2D eigenvalue weighted by Crippen LogP contribution is 2.34. The summed E-state index contributed by atoms with van der Waals surface area (Å²) < 4.78 is 23.5. The fraction of sp³-hybridized carbons (Fsp3) is 0.591. The van der Waals surface area contributed by atoms with Gasteiger partial charge in [0.25, 0.3) is 0 Å². The summed E-state index contributed by atoms with van der Waals surface area (Å²) in [6.45, 7) is 7.84. The van der Waals surface area contributed by atoms with Crippen molar-refractivity contribution in [2.75, 3.05) is 57.9 Å². The Kier molecular flexibility index (Phi) is 9.06. The summed E-state index contributed by atoms with van der Waals surface area (Å²) in [6.07, 6.45) is 2.69. The maximum absolute atomic E-state index is 13.5. The van der Waals surface area contributed by atoms with Crippen molar-refractivity contribution >= 4 is 46.6 Å². The highest BCUT2D eigenvalue weighted by Gasteiger charge is 2.35. The standard InChI is InChI=1S/C22H31FN6OS.HI/c1-3-19-26-21(31-27-19)29-12-10-28(11-13-29)20(24-2)25-16-22(8-14-30-15-9-22)17-4-6-18(23)7-5-17;/h4-7H,3,8-16H2,1-2H3,(H,24,25);1H. The molecule has 0 atom stereocenters. The van der Waals surface area contributed by atoms with E-state index < -0.39 is 0 Å². The Hall–Kier alpha value is -1.53. The third kappa shape index (κ3) is 5.69. The van der Waals surface area contributed by atoms with Crippen molar-refractivity contribution < 1.29 is 9.13 Å². The van der Waals surface area contributed by atoms with Gasteiger partial charge >= 0.3 is 0 Å². The van der Waals surface area contributed by atoms with E-state index in [4.69, 9.17) is 4.74 Å². The molecule has 0 saturated carbocycles. The second-order valence-corrected chi connectivity index (χ2v) is 8.85. The lowest BCUT2D eigenvalue weighted by atomic mass is 9.74. The average molecular weight is 575 g/mol. The van der Waals surface area contributed by atoms with E-state index in [-0.39, 0.29) is 35.2 Å². The third-order valence-corrected chi connectivity index (χ3v) is 7.14. The van der Waals surface area contributed by atoms with Gasteiger partial charge in [-0.3, -0.25) is 4.99 Å². The van der Waals surface area contributed by atoms with Crippen LogP contribution in [-0.4, -0.2) is 73.2 Å². The maximum atomic E-state index is 13.5. The fourth-order valence-corrected chi connectivity index (χ4v) is 5.14. The normalized spacial score (nSPS) is 18.9. The van der Waals surface area contributed by atoms with Crippen LogP contribution in [0.2, 0.25) is 0 Å². The van der Waals surface area contributed by atoms with Crippen molar-refractivity contribution in [1.29, 1.82) is 0 Å². The molecular weight excluding hydrogens is 542 g/mol. The smallest absolute Gasteiger partial charge is 0.205 e. The number of rotatable bonds is 5. The van der Waals surface area contributed by atoms with Gasteiger partial charge in [-0.15, -0.1) is 24.0 Å². The second kappa shape index (κ2) is 11.6. The van der Waals surface area contributed by atoms with Gasteiger partial charge in [0.15, 0.2) is 5.96 Å². The van der Waals surface area contributed by atoms with E-state index in [0.717, 1.165) is 87.7 Å². The Morgan fingerprint density at radius 2 is 1.88 bits per heavy atom. The molecule has 3 heterocycles. The minimum absolute atomic E-state index is 0. The van der Waals surface area contributed by atoms with Crippen LogP contribution in [0.3, 0.4) is 0 Å². The van der Waals surface area contributed by atoms with Crippen LogP contribution in [0.4, 0.5) is 9.52 Å². The quantitative estimate of drug-likeness (QED) is 0.336. The van der Waals surface area contributed by atoms with Crippen molar-refractivity contribution in [1.82, 2.24) is 19.6 Å². The van der Waals surface area contributed by atoms with Crippen molar-refractivity contribution in [3.05, 3.63) is 41.5 Å². The summed E-state index contributed by atoms with van der Waals surface area (Å²) in [5.74, 6) is 1.63. The summed E-state index contributed by atoms with van der Waals surface area (Å²) >= 11 is 1.49. The number of halogens is 2. The first kappa shape index (κ1) is 25.1. The zero-order valence-corrected chi connectivity index (χ0v) is 21.9. The highest BCUT2D eigenvalue weighted by atomic mass is 127. The van der Waals surface area contributed by atoms with Crippen LogP contribution in [0.15, 0.2) is 29.3 Å². The average Bonchev–Trinajstić information content (AvgIpc) is 3.30. The molecule has 1 aromatic heterocycles. The molecule has 10 heteroatoms. The predicted molar refractivity (Wildman–Crippen MR) is 138 cm³/mol. The zero-order chi connectivity index (χ0) is 21.7. The van der Waals surface area contributed by atoms with Gasteiger partial charge in [-0.25, -0.2) is 9.37 Å². The zero-order valence-electron chi connectivity index (χ0n) is 18.7. The van der Waals surface area contributed by atoms with Crippen molar-refractivity contribution in [2.24, 2.45) is 4.99 Å². The van der Waals surface area contributed by atoms with E-state index in [1.165, 1.54) is 11.5 Å². The number of piperazine rings is 1.